The Hall–Kier alpha value is -2.24. The van der Waals surface area contributed by atoms with Gasteiger partial charge in [-0.15, -0.1) is 12.4 Å². The van der Waals surface area contributed by atoms with Crippen molar-refractivity contribution in [3.8, 4) is 5.75 Å². The van der Waals surface area contributed by atoms with Crippen LogP contribution in [0.3, 0.4) is 0 Å². The fourth-order valence-corrected chi connectivity index (χ4v) is 2.51. The number of halogens is 1. The zero-order chi connectivity index (χ0) is 16.1. The third-order valence-corrected chi connectivity index (χ3v) is 3.70. The Balaban J connectivity index is 0.00000208. The summed E-state index contributed by atoms with van der Waals surface area (Å²) in [5.74, 6) is 0.513. The van der Waals surface area contributed by atoms with Gasteiger partial charge >= 0.3 is 0 Å². The summed E-state index contributed by atoms with van der Waals surface area (Å²) in [6, 6.07) is 14.2. The van der Waals surface area contributed by atoms with Crippen LogP contribution in [-0.2, 0) is 4.74 Å². The summed E-state index contributed by atoms with van der Waals surface area (Å²) < 4.78 is 11.3. The van der Waals surface area contributed by atoms with Gasteiger partial charge in [0, 0.05) is 29.6 Å². The minimum Gasteiger partial charge on any atom is -0.491 e. The predicted octanol–water partition coefficient (Wildman–Crippen LogP) is 3.50. The number of rotatable bonds is 5. The van der Waals surface area contributed by atoms with Crippen LogP contribution in [0.1, 0.15) is 23.2 Å². The molecule has 1 heterocycles. The predicted molar refractivity (Wildman–Crippen MR) is 97.0 cm³/mol. The third-order valence-electron chi connectivity index (χ3n) is 3.70. The number of benzene rings is 2. The van der Waals surface area contributed by atoms with Crippen LogP contribution in [0.2, 0.25) is 0 Å². The van der Waals surface area contributed by atoms with Crippen molar-refractivity contribution < 1.29 is 14.3 Å². The maximum absolute atomic E-state index is 12.2. The van der Waals surface area contributed by atoms with E-state index in [1.54, 1.807) is 30.3 Å². The lowest BCUT2D eigenvalue weighted by Crippen LogP contribution is -2.16. The van der Waals surface area contributed by atoms with Gasteiger partial charge in [-0.1, -0.05) is 12.1 Å². The van der Waals surface area contributed by atoms with Gasteiger partial charge in [-0.25, -0.2) is 0 Å². The molecule has 0 bridgehead atoms. The van der Waals surface area contributed by atoms with Crippen LogP contribution in [0.5, 0.6) is 5.75 Å². The van der Waals surface area contributed by atoms with Crippen LogP contribution >= 0.6 is 12.4 Å². The molecule has 1 saturated heterocycles. The van der Waals surface area contributed by atoms with Crippen LogP contribution < -0.4 is 15.8 Å². The van der Waals surface area contributed by atoms with Crippen LogP contribution in [0.25, 0.3) is 0 Å². The molecule has 3 N–H and O–H groups in total. The second kappa shape index (κ2) is 8.57. The Morgan fingerprint density at radius 2 is 2.08 bits per heavy atom. The molecule has 0 aromatic heterocycles. The van der Waals surface area contributed by atoms with E-state index in [0.717, 1.165) is 19.4 Å². The quantitative estimate of drug-likeness (QED) is 0.811. The fourth-order valence-electron chi connectivity index (χ4n) is 2.51. The molecule has 1 aliphatic rings. The van der Waals surface area contributed by atoms with Gasteiger partial charge < -0.3 is 20.5 Å². The first-order valence-electron chi connectivity index (χ1n) is 7.72. The molecule has 1 fully saturated rings. The van der Waals surface area contributed by atoms with Gasteiger partial charge in [0.05, 0.1) is 6.10 Å². The van der Waals surface area contributed by atoms with Gasteiger partial charge in [-0.3, -0.25) is 4.79 Å². The Morgan fingerprint density at radius 3 is 2.83 bits per heavy atom. The highest BCUT2D eigenvalue weighted by molar-refractivity contribution is 6.04. The molecule has 2 aromatic rings. The summed E-state index contributed by atoms with van der Waals surface area (Å²) in [6.07, 6.45) is 2.29. The van der Waals surface area contributed by atoms with E-state index >= 15 is 0 Å². The highest BCUT2D eigenvalue weighted by Gasteiger charge is 2.16. The Morgan fingerprint density at radius 1 is 1.25 bits per heavy atom. The Labute approximate surface area is 147 Å². The van der Waals surface area contributed by atoms with E-state index in [0.29, 0.717) is 29.3 Å². The molecule has 1 amide bonds. The maximum atomic E-state index is 12.2. The molecule has 3 rings (SSSR count). The summed E-state index contributed by atoms with van der Waals surface area (Å²) in [5.41, 5.74) is 7.47. The summed E-state index contributed by atoms with van der Waals surface area (Å²) in [6.45, 7) is 1.34. The zero-order valence-corrected chi connectivity index (χ0v) is 14.1. The average Bonchev–Trinajstić information content (AvgIpc) is 3.07. The smallest absolute Gasteiger partial charge is 0.255 e. The molecule has 1 unspecified atom stereocenters. The van der Waals surface area contributed by atoms with E-state index in [9.17, 15) is 4.79 Å². The number of ether oxygens (including phenoxy) is 2. The van der Waals surface area contributed by atoms with Gasteiger partial charge in [0.1, 0.15) is 12.4 Å². The molecule has 1 aliphatic heterocycles. The maximum Gasteiger partial charge on any atom is 0.255 e. The summed E-state index contributed by atoms with van der Waals surface area (Å²) in [7, 11) is 0. The average molecular weight is 349 g/mol. The third kappa shape index (κ3) is 4.88. The van der Waals surface area contributed by atoms with E-state index < -0.39 is 0 Å². The van der Waals surface area contributed by atoms with Gasteiger partial charge in [-0.05, 0) is 43.2 Å². The zero-order valence-electron chi connectivity index (χ0n) is 13.2. The van der Waals surface area contributed by atoms with Gasteiger partial charge in [0.15, 0.2) is 0 Å². The minimum atomic E-state index is -0.200. The van der Waals surface area contributed by atoms with Crippen molar-refractivity contribution in [1.29, 1.82) is 0 Å². The van der Waals surface area contributed by atoms with Crippen LogP contribution in [0.15, 0.2) is 48.5 Å². The normalized spacial score (nSPS) is 16.2. The van der Waals surface area contributed by atoms with Gasteiger partial charge in [0.25, 0.3) is 5.91 Å². The number of carbonyl (C=O) groups excluding carboxylic acids is 1. The van der Waals surface area contributed by atoms with E-state index in [1.807, 2.05) is 18.2 Å². The molecule has 0 radical (unpaired) electrons. The summed E-state index contributed by atoms with van der Waals surface area (Å²) >= 11 is 0. The lowest BCUT2D eigenvalue weighted by atomic mass is 10.2. The SMILES string of the molecule is Cl.Nc1cccc(C(=O)Nc2cccc(OCC3CCCO3)c2)c1. The number of amides is 1. The molecule has 0 spiro atoms. The van der Waals surface area contributed by atoms with Gasteiger partial charge in [-0.2, -0.15) is 0 Å². The van der Waals surface area contributed by atoms with Crippen LogP contribution in [0, 0.1) is 0 Å². The first-order chi connectivity index (χ1) is 11.2. The lowest BCUT2D eigenvalue weighted by molar-refractivity contribution is 0.0680. The van der Waals surface area contributed by atoms with Crippen molar-refractivity contribution in [3.63, 3.8) is 0 Å². The molecule has 1 atom stereocenters. The molecule has 6 heteroatoms. The number of hydrogen-bond donors (Lipinski definition) is 2. The summed E-state index contributed by atoms with van der Waals surface area (Å²) in [4.78, 5) is 12.2. The molecule has 0 aliphatic carbocycles. The van der Waals surface area contributed by atoms with Crippen molar-refractivity contribution >= 4 is 29.7 Å². The minimum absolute atomic E-state index is 0. The molecular formula is C18H21ClN2O3. The Bertz CT molecular complexity index is 687. The van der Waals surface area contributed by atoms with Crippen LogP contribution in [0.4, 0.5) is 11.4 Å². The highest BCUT2D eigenvalue weighted by atomic mass is 35.5. The van der Waals surface area contributed by atoms with E-state index in [-0.39, 0.29) is 24.4 Å². The number of anilines is 2. The number of carbonyl (C=O) groups is 1. The molecule has 5 nitrogen and oxygen atoms in total. The number of hydrogen-bond acceptors (Lipinski definition) is 4. The number of nitrogen functional groups attached to an aromatic ring is 1. The molecule has 128 valence electrons. The van der Waals surface area contributed by atoms with Crippen molar-refractivity contribution in [2.75, 3.05) is 24.3 Å². The van der Waals surface area contributed by atoms with Crippen molar-refractivity contribution in [3.05, 3.63) is 54.1 Å². The second-order valence-electron chi connectivity index (χ2n) is 5.55. The first-order valence-corrected chi connectivity index (χ1v) is 7.72. The highest BCUT2D eigenvalue weighted by Crippen LogP contribution is 2.20. The fraction of sp³-hybridized carbons (Fsp3) is 0.278. The number of nitrogens with two attached hydrogens (primary N) is 1. The van der Waals surface area contributed by atoms with E-state index in [4.69, 9.17) is 15.2 Å². The molecule has 2 aromatic carbocycles. The molecular weight excluding hydrogens is 328 g/mol. The number of nitrogens with one attached hydrogen (secondary N) is 1. The Kier molecular flexibility index (Phi) is 6.46. The standard InChI is InChI=1S/C18H20N2O3.ClH/c19-14-5-1-4-13(10-14)18(21)20-15-6-2-7-16(11-15)23-12-17-8-3-9-22-17;/h1-2,4-7,10-11,17H,3,8-9,12,19H2,(H,20,21);1H. The largest absolute Gasteiger partial charge is 0.491 e. The van der Waals surface area contributed by atoms with E-state index in [1.165, 1.54) is 0 Å². The van der Waals surface area contributed by atoms with Gasteiger partial charge in [0.2, 0.25) is 0 Å². The lowest BCUT2D eigenvalue weighted by Gasteiger charge is -2.12. The molecule has 24 heavy (non-hydrogen) atoms. The first kappa shape index (κ1) is 18.1. The van der Waals surface area contributed by atoms with Crippen molar-refractivity contribution in [2.45, 2.75) is 18.9 Å². The summed E-state index contributed by atoms with van der Waals surface area (Å²) in [5, 5.41) is 2.85. The molecule has 0 saturated carbocycles. The van der Waals surface area contributed by atoms with Crippen LogP contribution in [-0.4, -0.2) is 25.2 Å². The second-order valence-corrected chi connectivity index (χ2v) is 5.55. The topological polar surface area (TPSA) is 73.6 Å². The van der Waals surface area contributed by atoms with Crippen molar-refractivity contribution in [1.82, 2.24) is 0 Å². The monoisotopic (exact) mass is 348 g/mol. The van der Waals surface area contributed by atoms with Crippen molar-refractivity contribution in [2.24, 2.45) is 0 Å². The van der Waals surface area contributed by atoms with E-state index in [2.05, 4.69) is 5.32 Å².